The van der Waals surface area contributed by atoms with Crippen LogP contribution >= 0.6 is 0 Å². The zero-order valence-electron chi connectivity index (χ0n) is 9.23. The first-order valence-corrected chi connectivity index (χ1v) is 5.23. The van der Waals surface area contributed by atoms with Gasteiger partial charge in [0.15, 0.2) is 5.69 Å². The molecule has 0 aliphatic heterocycles. The number of pyridine rings is 1. The van der Waals surface area contributed by atoms with Crippen LogP contribution in [-0.2, 0) is 0 Å². The van der Waals surface area contributed by atoms with E-state index in [1.807, 2.05) is 0 Å². The Balaban J connectivity index is 2.50. The molecule has 94 valence electrons. The molecule has 6 heteroatoms. The number of hydrogen-bond acceptors (Lipinski definition) is 3. The predicted molar refractivity (Wildman–Crippen MR) is 63.2 cm³/mol. The van der Waals surface area contributed by atoms with Crippen molar-refractivity contribution in [3.63, 3.8) is 0 Å². The summed E-state index contributed by atoms with van der Waals surface area (Å²) in [5.41, 5.74) is 0.623. The van der Waals surface area contributed by atoms with Gasteiger partial charge < -0.3 is 10.4 Å². The van der Waals surface area contributed by atoms with Gasteiger partial charge in [-0.25, -0.2) is 18.6 Å². The van der Waals surface area contributed by atoms with Gasteiger partial charge in [0.2, 0.25) is 0 Å². The van der Waals surface area contributed by atoms with E-state index in [9.17, 15) is 13.6 Å². The number of anilines is 1. The van der Waals surface area contributed by atoms with E-state index < -0.39 is 18.9 Å². The molecule has 0 radical (unpaired) electrons. The molecule has 0 spiro atoms. The minimum absolute atomic E-state index is 0.175. The fourth-order valence-corrected chi connectivity index (χ4v) is 1.62. The first-order valence-electron chi connectivity index (χ1n) is 5.23. The van der Waals surface area contributed by atoms with Gasteiger partial charge in [-0.15, -0.1) is 0 Å². The Morgan fingerprint density at radius 3 is 2.78 bits per heavy atom. The maximum atomic E-state index is 12.2. The van der Waals surface area contributed by atoms with Crippen LogP contribution in [0.3, 0.4) is 0 Å². The number of carboxylic acids is 1. The minimum Gasteiger partial charge on any atom is -0.477 e. The minimum atomic E-state index is -2.51. The van der Waals surface area contributed by atoms with Gasteiger partial charge in [0.05, 0.1) is 12.1 Å². The van der Waals surface area contributed by atoms with E-state index in [-0.39, 0.29) is 5.69 Å². The van der Waals surface area contributed by atoms with Crippen LogP contribution in [0.25, 0.3) is 10.9 Å². The van der Waals surface area contributed by atoms with Gasteiger partial charge in [-0.3, -0.25) is 0 Å². The lowest BCUT2D eigenvalue weighted by atomic mass is 10.1. The van der Waals surface area contributed by atoms with E-state index in [1.54, 1.807) is 24.3 Å². The van der Waals surface area contributed by atoms with Gasteiger partial charge in [0.1, 0.15) is 0 Å². The summed E-state index contributed by atoms with van der Waals surface area (Å²) >= 11 is 0. The van der Waals surface area contributed by atoms with Crippen molar-refractivity contribution < 1.29 is 18.7 Å². The maximum Gasteiger partial charge on any atom is 0.354 e. The van der Waals surface area contributed by atoms with Crippen molar-refractivity contribution in [2.45, 2.75) is 6.43 Å². The van der Waals surface area contributed by atoms with Crippen molar-refractivity contribution in [1.29, 1.82) is 0 Å². The highest BCUT2D eigenvalue weighted by Crippen LogP contribution is 2.23. The smallest absolute Gasteiger partial charge is 0.354 e. The Hall–Kier alpha value is -2.24. The third-order valence-electron chi connectivity index (χ3n) is 2.38. The fraction of sp³-hybridized carbons (Fsp3) is 0.167. The van der Waals surface area contributed by atoms with Crippen LogP contribution in [0, 0.1) is 0 Å². The molecule has 2 N–H and O–H groups in total. The molecule has 0 saturated carbocycles. The zero-order valence-corrected chi connectivity index (χ0v) is 9.23. The van der Waals surface area contributed by atoms with Crippen LogP contribution in [0.15, 0.2) is 30.3 Å². The summed E-state index contributed by atoms with van der Waals surface area (Å²) in [6.07, 6.45) is -2.51. The van der Waals surface area contributed by atoms with Gasteiger partial charge in [-0.1, -0.05) is 18.2 Å². The number of rotatable bonds is 4. The molecule has 4 nitrogen and oxygen atoms in total. The molecule has 0 unspecified atom stereocenters. The second kappa shape index (κ2) is 4.95. The summed E-state index contributed by atoms with van der Waals surface area (Å²) in [5.74, 6) is -1.19. The van der Waals surface area contributed by atoms with E-state index in [0.29, 0.717) is 16.6 Å². The third-order valence-corrected chi connectivity index (χ3v) is 2.38. The lowest BCUT2D eigenvalue weighted by Crippen LogP contribution is -2.12. The molecule has 0 atom stereocenters. The molecule has 1 aromatic carbocycles. The van der Waals surface area contributed by atoms with Crippen LogP contribution in [0.2, 0.25) is 0 Å². The van der Waals surface area contributed by atoms with Crippen molar-refractivity contribution >= 4 is 22.6 Å². The molecule has 2 aromatic rings. The first-order chi connectivity index (χ1) is 8.58. The van der Waals surface area contributed by atoms with Crippen LogP contribution in [-0.4, -0.2) is 29.0 Å². The van der Waals surface area contributed by atoms with E-state index in [2.05, 4.69) is 10.3 Å². The number of hydrogen-bond donors (Lipinski definition) is 2. The molecule has 0 aliphatic rings. The van der Waals surface area contributed by atoms with E-state index in [4.69, 9.17) is 5.11 Å². The van der Waals surface area contributed by atoms with Crippen molar-refractivity contribution in [3.8, 4) is 0 Å². The summed E-state index contributed by atoms with van der Waals surface area (Å²) < 4.78 is 24.4. The average molecular weight is 252 g/mol. The number of alkyl halides is 2. The van der Waals surface area contributed by atoms with Crippen molar-refractivity contribution in [2.75, 3.05) is 11.9 Å². The van der Waals surface area contributed by atoms with E-state index in [1.165, 1.54) is 6.07 Å². The van der Waals surface area contributed by atoms with Crippen LogP contribution in [0.5, 0.6) is 0 Å². The number of benzene rings is 1. The largest absolute Gasteiger partial charge is 0.477 e. The van der Waals surface area contributed by atoms with Crippen LogP contribution in [0.1, 0.15) is 10.5 Å². The topological polar surface area (TPSA) is 62.2 Å². The molecular formula is C12H10F2N2O2. The monoisotopic (exact) mass is 252 g/mol. The number of nitrogens with one attached hydrogen (secondary N) is 1. The van der Waals surface area contributed by atoms with Crippen LogP contribution < -0.4 is 5.32 Å². The Bertz CT molecular complexity index is 587. The summed E-state index contributed by atoms with van der Waals surface area (Å²) in [6.45, 7) is -0.535. The summed E-state index contributed by atoms with van der Waals surface area (Å²) in [5, 5.41) is 12.1. The Morgan fingerprint density at radius 2 is 2.11 bits per heavy atom. The quantitative estimate of drug-likeness (QED) is 0.878. The third kappa shape index (κ3) is 2.53. The second-order valence-corrected chi connectivity index (χ2v) is 3.65. The molecule has 0 amide bonds. The number of carboxylic acid groups (broad SMARTS) is 1. The fourth-order valence-electron chi connectivity index (χ4n) is 1.62. The second-order valence-electron chi connectivity index (χ2n) is 3.65. The molecule has 1 heterocycles. The summed E-state index contributed by atoms with van der Waals surface area (Å²) in [6, 6.07) is 8.03. The zero-order chi connectivity index (χ0) is 13.1. The molecule has 18 heavy (non-hydrogen) atoms. The summed E-state index contributed by atoms with van der Waals surface area (Å²) in [4.78, 5) is 14.8. The van der Waals surface area contributed by atoms with Crippen LogP contribution in [0.4, 0.5) is 14.5 Å². The lowest BCUT2D eigenvalue weighted by molar-refractivity contribution is 0.0691. The molecular weight excluding hydrogens is 242 g/mol. The molecule has 0 bridgehead atoms. The normalized spacial score (nSPS) is 10.8. The highest BCUT2D eigenvalue weighted by atomic mass is 19.3. The van der Waals surface area contributed by atoms with Gasteiger partial charge in [0.25, 0.3) is 6.43 Å². The number of para-hydroxylation sites is 1. The van der Waals surface area contributed by atoms with Gasteiger partial charge in [0, 0.05) is 11.1 Å². The maximum absolute atomic E-state index is 12.2. The number of fused-ring (bicyclic) bond motifs is 1. The standard InChI is InChI=1S/C12H10F2N2O2/c13-11(14)6-15-9-5-10(12(17)18)16-8-4-2-1-3-7(8)9/h1-5,11H,6H2,(H,15,16)(H,17,18). The van der Waals surface area contributed by atoms with E-state index in [0.717, 1.165) is 0 Å². The molecule has 0 aliphatic carbocycles. The van der Waals surface area contributed by atoms with Crippen molar-refractivity contribution in [2.24, 2.45) is 0 Å². The predicted octanol–water partition coefficient (Wildman–Crippen LogP) is 2.61. The van der Waals surface area contributed by atoms with Gasteiger partial charge in [-0.2, -0.15) is 0 Å². The first kappa shape index (κ1) is 12.2. The Labute approximate surface area is 101 Å². The Kier molecular flexibility index (Phi) is 3.36. The number of aromatic nitrogens is 1. The van der Waals surface area contributed by atoms with Crippen molar-refractivity contribution in [1.82, 2.24) is 4.98 Å². The van der Waals surface area contributed by atoms with Gasteiger partial charge >= 0.3 is 5.97 Å². The summed E-state index contributed by atoms with van der Waals surface area (Å²) in [7, 11) is 0. The highest BCUT2D eigenvalue weighted by Gasteiger charge is 2.11. The molecule has 0 saturated heterocycles. The average Bonchev–Trinajstić information content (AvgIpc) is 2.35. The highest BCUT2D eigenvalue weighted by molar-refractivity contribution is 5.97. The van der Waals surface area contributed by atoms with Crippen molar-refractivity contribution in [3.05, 3.63) is 36.0 Å². The lowest BCUT2D eigenvalue weighted by Gasteiger charge is -2.10. The SMILES string of the molecule is O=C(O)c1cc(NCC(F)F)c2ccccc2n1. The van der Waals surface area contributed by atoms with Gasteiger partial charge in [-0.05, 0) is 12.1 Å². The van der Waals surface area contributed by atoms with E-state index >= 15 is 0 Å². The molecule has 1 aromatic heterocycles. The molecule has 0 fully saturated rings. The number of carbonyl (C=O) groups is 1. The Morgan fingerprint density at radius 1 is 1.39 bits per heavy atom. The molecule has 2 rings (SSSR count). The number of halogens is 2. The number of nitrogens with zero attached hydrogens (tertiary/aromatic N) is 1. The number of aromatic carboxylic acids is 1.